The zero-order valence-electron chi connectivity index (χ0n) is 13.2. The van der Waals surface area contributed by atoms with Gasteiger partial charge in [0, 0.05) is 18.6 Å². The average Bonchev–Trinajstić information content (AvgIpc) is 2.65. The van der Waals surface area contributed by atoms with E-state index in [1.165, 1.54) is 0 Å². The molecule has 0 aliphatic carbocycles. The molecule has 0 unspecified atom stereocenters. The number of nitrogens with one attached hydrogen (secondary N) is 1. The van der Waals surface area contributed by atoms with Crippen LogP contribution in [0, 0.1) is 20.8 Å². The normalized spacial score (nSPS) is 11.0. The predicted octanol–water partition coefficient (Wildman–Crippen LogP) is 3.90. The molecule has 1 N–H and O–H groups in total. The summed E-state index contributed by atoms with van der Waals surface area (Å²) in [5.74, 6) is 1.63. The van der Waals surface area contributed by atoms with Gasteiger partial charge in [0.15, 0.2) is 0 Å². The number of halogens is 1. The number of nitrogens with zero attached hydrogens (tertiary/aromatic N) is 2. The Hall–Kier alpha value is -1.52. The van der Waals surface area contributed by atoms with Crippen LogP contribution in [0.5, 0.6) is 11.6 Å². The van der Waals surface area contributed by atoms with Gasteiger partial charge in [-0.2, -0.15) is 5.10 Å². The largest absolute Gasteiger partial charge is 0.438 e. The molecule has 0 saturated carbocycles. The molecule has 0 fully saturated rings. The standard InChI is InChI=1S/C16H22ClN3O/c1-6-18-9-14-12(4)19-20(5)16(14)21-15-10(2)7-13(17)8-11(15)3/h7-8,18H,6,9H2,1-5H3. The molecule has 1 aromatic carbocycles. The summed E-state index contributed by atoms with van der Waals surface area (Å²) in [6.45, 7) is 9.74. The van der Waals surface area contributed by atoms with Crippen LogP contribution in [0.3, 0.4) is 0 Å². The van der Waals surface area contributed by atoms with Gasteiger partial charge in [-0.3, -0.25) is 0 Å². The molecule has 1 aromatic heterocycles. The van der Waals surface area contributed by atoms with Crippen LogP contribution in [-0.4, -0.2) is 16.3 Å². The maximum Gasteiger partial charge on any atom is 0.222 e. The van der Waals surface area contributed by atoms with E-state index in [0.29, 0.717) is 0 Å². The molecule has 2 aromatic rings. The second-order valence-electron chi connectivity index (χ2n) is 5.24. The van der Waals surface area contributed by atoms with Crippen LogP contribution in [0.25, 0.3) is 0 Å². The Kier molecular flexibility index (Phi) is 4.91. The van der Waals surface area contributed by atoms with Crippen molar-refractivity contribution in [1.29, 1.82) is 0 Å². The molecule has 0 aliphatic rings. The molecule has 0 spiro atoms. The smallest absolute Gasteiger partial charge is 0.222 e. The quantitative estimate of drug-likeness (QED) is 0.910. The van der Waals surface area contributed by atoms with Gasteiger partial charge >= 0.3 is 0 Å². The first-order chi connectivity index (χ1) is 9.93. The maximum absolute atomic E-state index is 6.18. The number of hydrogen-bond acceptors (Lipinski definition) is 3. The highest BCUT2D eigenvalue weighted by Gasteiger charge is 2.17. The minimum atomic E-state index is 0.728. The van der Waals surface area contributed by atoms with Crippen molar-refractivity contribution in [2.24, 2.45) is 7.05 Å². The molecular formula is C16H22ClN3O. The zero-order chi connectivity index (χ0) is 15.6. The van der Waals surface area contributed by atoms with E-state index in [4.69, 9.17) is 16.3 Å². The Balaban J connectivity index is 2.40. The lowest BCUT2D eigenvalue weighted by Crippen LogP contribution is -2.13. The maximum atomic E-state index is 6.18. The van der Waals surface area contributed by atoms with Gasteiger partial charge < -0.3 is 10.1 Å². The van der Waals surface area contributed by atoms with Gasteiger partial charge in [0.05, 0.1) is 11.3 Å². The molecule has 0 atom stereocenters. The van der Waals surface area contributed by atoms with Gasteiger partial charge in [0.25, 0.3) is 0 Å². The van der Waals surface area contributed by atoms with Crippen molar-refractivity contribution in [3.8, 4) is 11.6 Å². The molecule has 1 heterocycles. The third-order valence-electron chi connectivity index (χ3n) is 3.46. The van der Waals surface area contributed by atoms with Gasteiger partial charge in [0.2, 0.25) is 5.88 Å². The molecule has 114 valence electrons. The first kappa shape index (κ1) is 15.9. The van der Waals surface area contributed by atoms with Gasteiger partial charge in [-0.05, 0) is 50.6 Å². The summed E-state index contributed by atoms with van der Waals surface area (Å²) in [5.41, 5.74) is 4.12. The van der Waals surface area contributed by atoms with Crippen molar-refractivity contribution in [3.63, 3.8) is 0 Å². The van der Waals surface area contributed by atoms with Crippen LogP contribution in [-0.2, 0) is 13.6 Å². The monoisotopic (exact) mass is 307 g/mol. The lowest BCUT2D eigenvalue weighted by Gasteiger charge is -2.14. The highest BCUT2D eigenvalue weighted by molar-refractivity contribution is 6.30. The van der Waals surface area contributed by atoms with Crippen molar-refractivity contribution in [2.45, 2.75) is 34.2 Å². The van der Waals surface area contributed by atoms with E-state index in [1.807, 2.05) is 40.0 Å². The summed E-state index contributed by atoms with van der Waals surface area (Å²) >= 11 is 6.08. The van der Waals surface area contributed by atoms with Crippen molar-refractivity contribution in [2.75, 3.05) is 6.54 Å². The van der Waals surface area contributed by atoms with Gasteiger partial charge in [-0.1, -0.05) is 18.5 Å². The number of aromatic nitrogens is 2. The molecule has 2 rings (SSSR count). The fourth-order valence-corrected chi connectivity index (χ4v) is 2.74. The molecule has 0 radical (unpaired) electrons. The van der Waals surface area contributed by atoms with Gasteiger partial charge in [-0.15, -0.1) is 0 Å². The van der Waals surface area contributed by atoms with E-state index in [9.17, 15) is 0 Å². The Morgan fingerprint density at radius 3 is 2.43 bits per heavy atom. The van der Waals surface area contributed by atoms with Crippen molar-refractivity contribution in [3.05, 3.63) is 39.5 Å². The minimum Gasteiger partial charge on any atom is -0.438 e. The second-order valence-corrected chi connectivity index (χ2v) is 5.68. The Morgan fingerprint density at radius 1 is 1.24 bits per heavy atom. The van der Waals surface area contributed by atoms with Crippen molar-refractivity contribution < 1.29 is 4.74 Å². The first-order valence-corrected chi connectivity index (χ1v) is 7.49. The van der Waals surface area contributed by atoms with Crippen LogP contribution in [0.15, 0.2) is 12.1 Å². The predicted molar refractivity (Wildman–Crippen MR) is 86.3 cm³/mol. The highest BCUT2D eigenvalue weighted by Crippen LogP contribution is 2.33. The molecule has 0 amide bonds. The third-order valence-corrected chi connectivity index (χ3v) is 3.68. The summed E-state index contributed by atoms with van der Waals surface area (Å²) in [5, 5.41) is 8.52. The second kappa shape index (κ2) is 6.50. The van der Waals surface area contributed by atoms with Crippen LogP contribution in [0.1, 0.15) is 29.3 Å². The summed E-state index contributed by atoms with van der Waals surface area (Å²) < 4.78 is 7.96. The van der Waals surface area contributed by atoms with Crippen LogP contribution in [0.2, 0.25) is 5.02 Å². The molecule has 5 heteroatoms. The van der Waals surface area contributed by atoms with Crippen LogP contribution < -0.4 is 10.1 Å². The number of rotatable bonds is 5. The topological polar surface area (TPSA) is 39.1 Å². The Bertz CT molecular complexity index is 626. The summed E-state index contributed by atoms with van der Waals surface area (Å²) in [6, 6.07) is 3.83. The molecule has 0 saturated heterocycles. The van der Waals surface area contributed by atoms with E-state index < -0.39 is 0 Å². The zero-order valence-corrected chi connectivity index (χ0v) is 14.0. The van der Waals surface area contributed by atoms with Gasteiger partial charge in [-0.25, -0.2) is 4.68 Å². The van der Waals surface area contributed by atoms with E-state index in [-0.39, 0.29) is 0 Å². The van der Waals surface area contributed by atoms with E-state index in [0.717, 1.165) is 52.1 Å². The van der Waals surface area contributed by atoms with E-state index >= 15 is 0 Å². The molecule has 4 nitrogen and oxygen atoms in total. The Labute approximate surface area is 131 Å². The fourth-order valence-electron chi connectivity index (χ4n) is 2.42. The van der Waals surface area contributed by atoms with Crippen LogP contribution >= 0.6 is 11.6 Å². The molecule has 0 bridgehead atoms. The number of benzene rings is 1. The number of hydrogen-bond donors (Lipinski definition) is 1. The lowest BCUT2D eigenvalue weighted by molar-refractivity contribution is 0.419. The third kappa shape index (κ3) is 3.39. The van der Waals surface area contributed by atoms with Crippen molar-refractivity contribution in [1.82, 2.24) is 15.1 Å². The minimum absolute atomic E-state index is 0.728. The summed E-state index contributed by atoms with van der Waals surface area (Å²) in [6.07, 6.45) is 0. The molecular weight excluding hydrogens is 286 g/mol. The lowest BCUT2D eigenvalue weighted by atomic mass is 10.1. The number of ether oxygens (including phenoxy) is 1. The fraction of sp³-hybridized carbons (Fsp3) is 0.438. The summed E-state index contributed by atoms with van der Waals surface area (Å²) in [4.78, 5) is 0. The Morgan fingerprint density at radius 2 is 1.86 bits per heavy atom. The average molecular weight is 308 g/mol. The van der Waals surface area contributed by atoms with Crippen LogP contribution in [0.4, 0.5) is 0 Å². The number of aryl methyl sites for hydroxylation is 4. The highest BCUT2D eigenvalue weighted by atomic mass is 35.5. The van der Waals surface area contributed by atoms with Gasteiger partial charge in [0.1, 0.15) is 5.75 Å². The SMILES string of the molecule is CCNCc1c(C)nn(C)c1Oc1c(C)cc(Cl)cc1C. The summed E-state index contributed by atoms with van der Waals surface area (Å²) in [7, 11) is 1.90. The van der Waals surface area contributed by atoms with Crippen molar-refractivity contribution >= 4 is 11.6 Å². The first-order valence-electron chi connectivity index (χ1n) is 7.11. The van der Waals surface area contributed by atoms with E-state index in [2.05, 4.69) is 17.3 Å². The molecule has 21 heavy (non-hydrogen) atoms. The molecule has 0 aliphatic heterocycles. The van der Waals surface area contributed by atoms with E-state index in [1.54, 1.807) is 4.68 Å².